The molecule has 2 nitrogen and oxygen atoms in total. The molecule has 74 valence electrons. The molecule has 0 radical (unpaired) electrons. The summed E-state index contributed by atoms with van der Waals surface area (Å²) in [6.45, 7) is 6.99. The minimum absolute atomic E-state index is 0.0672. The summed E-state index contributed by atoms with van der Waals surface area (Å²) < 4.78 is 5.08. The van der Waals surface area contributed by atoms with Crippen LogP contribution in [0.2, 0.25) is 0 Å². The molecule has 0 bridgehead atoms. The van der Waals surface area contributed by atoms with E-state index >= 15 is 0 Å². The van der Waals surface area contributed by atoms with E-state index in [0.717, 1.165) is 19.3 Å². The molecule has 0 saturated heterocycles. The fraction of sp³-hybridized carbons (Fsp3) is 0.545. The van der Waals surface area contributed by atoms with Gasteiger partial charge in [-0.2, -0.15) is 0 Å². The molecule has 0 saturated carbocycles. The summed E-state index contributed by atoms with van der Waals surface area (Å²) in [6.07, 6.45) is 8.46. The number of carbonyl (C=O) groups is 1. The number of hydrogen-bond donors (Lipinski definition) is 0. The van der Waals surface area contributed by atoms with Crippen LogP contribution in [-0.2, 0) is 9.53 Å². The topological polar surface area (TPSA) is 26.3 Å². The van der Waals surface area contributed by atoms with Crippen molar-refractivity contribution in [3.63, 3.8) is 0 Å². The quantitative estimate of drug-likeness (QED) is 0.358. The molecule has 0 rings (SSSR count). The van der Waals surface area contributed by atoms with Crippen LogP contribution in [0.15, 0.2) is 24.8 Å². The van der Waals surface area contributed by atoms with Crippen molar-refractivity contribution in [1.29, 1.82) is 0 Å². The second-order valence-corrected chi connectivity index (χ2v) is 2.89. The standard InChI is InChI=1S/C11H18O2/c1-4-6-7-9-11(8-5-2)13-10(3)12/h4-5,8,11H,1,6-7,9H2,2-3H3/b8-5+. The van der Waals surface area contributed by atoms with Crippen LogP contribution in [-0.4, -0.2) is 12.1 Å². The molecule has 0 aromatic heterocycles. The summed E-state index contributed by atoms with van der Waals surface area (Å²) in [6, 6.07) is 0. The predicted molar refractivity (Wildman–Crippen MR) is 54.4 cm³/mol. The maximum atomic E-state index is 10.7. The van der Waals surface area contributed by atoms with Gasteiger partial charge in [0.15, 0.2) is 0 Å². The smallest absolute Gasteiger partial charge is 0.303 e. The van der Waals surface area contributed by atoms with Gasteiger partial charge in [0.2, 0.25) is 0 Å². The molecular weight excluding hydrogens is 164 g/mol. The highest BCUT2D eigenvalue weighted by Crippen LogP contribution is 2.07. The first-order chi connectivity index (χ1) is 6.20. The summed E-state index contributed by atoms with van der Waals surface area (Å²) in [4.78, 5) is 10.7. The van der Waals surface area contributed by atoms with E-state index in [0.29, 0.717) is 0 Å². The van der Waals surface area contributed by atoms with Gasteiger partial charge in [0.05, 0.1) is 0 Å². The summed E-state index contributed by atoms with van der Waals surface area (Å²) in [5, 5.41) is 0. The molecule has 0 aromatic rings. The van der Waals surface area contributed by atoms with E-state index < -0.39 is 0 Å². The Hall–Kier alpha value is -1.05. The average molecular weight is 182 g/mol. The minimum atomic E-state index is -0.221. The van der Waals surface area contributed by atoms with E-state index in [-0.39, 0.29) is 12.1 Å². The Balaban J connectivity index is 3.79. The zero-order chi connectivity index (χ0) is 10.1. The highest BCUT2D eigenvalue weighted by atomic mass is 16.5. The Morgan fingerprint density at radius 2 is 2.31 bits per heavy atom. The van der Waals surface area contributed by atoms with Gasteiger partial charge >= 0.3 is 5.97 Å². The Labute approximate surface area is 80.3 Å². The monoisotopic (exact) mass is 182 g/mol. The number of unbranched alkanes of at least 4 members (excludes halogenated alkanes) is 1. The fourth-order valence-corrected chi connectivity index (χ4v) is 1.09. The van der Waals surface area contributed by atoms with Crippen LogP contribution in [0.5, 0.6) is 0 Å². The molecule has 0 N–H and O–H groups in total. The number of hydrogen-bond acceptors (Lipinski definition) is 2. The zero-order valence-electron chi connectivity index (χ0n) is 8.45. The molecule has 0 amide bonds. The maximum absolute atomic E-state index is 10.7. The van der Waals surface area contributed by atoms with Crippen LogP contribution in [0, 0.1) is 0 Å². The highest BCUT2D eigenvalue weighted by Gasteiger charge is 2.06. The number of ether oxygens (including phenoxy) is 1. The van der Waals surface area contributed by atoms with E-state index in [1.165, 1.54) is 6.92 Å². The van der Waals surface area contributed by atoms with Gasteiger partial charge in [-0.25, -0.2) is 0 Å². The molecular formula is C11H18O2. The molecule has 0 aliphatic carbocycles. The molecule has 0 aliphatic heterocycles. The third kappa shape index (κ3) is 7.32. The first kappa shape index (κ1) is 11.9. The lowest BCUT2D eigenvalue weighted by molar-refractivity contribution is -0.144. The minimum Gasteiger partial charge on any atom is -0.458 e. The van der Waals surface area contributed by atoms with E-state index in [2.05, 4.69) is 6.58 Å². The highest BCUT2D eigenvalue weighted by molar-refractivity contribution is 5.66. The Morgan fingerprint density at radius 3 is 2.77 bits per heavy atom. The van der Waals surface area contributed by atoms with Crippen LogP contribution < -0.4 is 0 Å². The van der Waals surface area contributed by atoms with Gasteiger partial charge in [0, 0.05) is 6.92 Å². The van der Waals surface area contributed by atoms with E-state index in [1.807, 2.05) is 25.2 Å². The van der Waals surface area contributed by atoms with Crippen molar-refractivity contribution in [1.82, 2.24) is 0 Å². The van der Waals surface area contributed by atoms with Crippen molar-refractivity contribution >= 4 is 5.97 Å². The normalized spacial score (nSPS) is 12.8. The maximum Gasteiger partial charge on any atom is 0.303 e. The fourth-order valence-electron chi connectivity index (χ4n) is 1.09. The van der Waals surface area contributed by atoms with Gasteiger partial charge in [0.25, 0.3) is 0 Å². The van der Waals surface area contributed by atoms with Crippen molar-refractivity contribution < 1.29 is 9.53 Å². The number of allylic oxidation sites excluding steroid dienone is 2. The van der Waals surface area contributed by atoms with Crippen LogP contribution in [0.1, 0.15) is 33.1 Å². The SMILES string of the molecule is C=CCCCC(/C=C/C)OC(C)=O. The number of rotatable bonds is 6. The van der Waals surface area contributed by atoms with E-state index in [1.54, 1.807) is 0 Å². The molecule has 0 heterocycles. The van der Waals surface area contributed by atoms with Crippen LogP contribution in [0.25, 0.3) is 0 Å². The molecule has 1 unspecified atom stereocenters. The summed E-state index contributed by atoms with van der Waals surface area (Å²) in [5.74, 6) is -0.221. The number of carbonyl (C=O) groups excluding carboxylic acids is 1. The van der Waals surface area contributed by atoms with Gasteiger partial charge in [-0.15, -0.1) is 6.58 Å². The van der Waals surface area contributed by atoms with E-state index in [4.69, 9.17) is 4.74 Å². The molecule has 1 atom stereocenters. The first-order valence-electron chi connectivity index (χ1n) is 4.61. The molecule has 0 spiro atoms. The van der Waals surface area contributed by atoms with Crippen LogP contribution in [0.4, 0.5) is 0 Å². The van der Waals surface area contributed by atoms with Crippen molar-refractivity contribution in [3.8, 4) is 0 Å². The summed E-state index contributed by atoms with van der Waals surface area (Å²) in [5.41, 5.74) is 0. The lowest BCUT2D eigenvalue weighted by Crippen LogP contribution is -2.13. The van der Waals surface area contributed by atoms with Crippen molar-refractivity contribution in [2.75, 3.05) is 0 Å². The molecule has 0 aromatic carbocycles. The van der Waals surface area contributed by atoms with Crippen molar-refractivity contribution in [2.45, 2.75) is 39.2 Å². The van der Waals surface area contributed by atoms with Crippen LogP contribution >= 0.6 is 0 Å². The van der Waals surface area contributed by atoms with E-state index in [9.17, 15) is 4.79 Å². The predicted octanol–water partition coefficient (Wildman–Crippen LogP) is 2.85. The Kier molecular flexibility index (Phi) is 6.98. The van der Waals surface area contributed by atoms with Gasteiger partial charge in [-0.1, -0.05) is 12.2 Å². The lowest BCUT2D eigenvalue weighted by atomic mass is 10.1. The van der Waals surface area contributed by atoms with Crippen molar-refractivity contribution in [3.05, 3.63) is 24.8 Å². The van der Waals surface area contributed by atoms with Crippen LogP contribution in [0.3, 0.4) is 0 Å². The Bertz CT molecular complexity index is 183. The summed E-state index contributed by atoms with van der Waals surface area (Å²) in [7, 11) is 0. The zero-order valence-corrected chi connectivity index (χ0v) is 8.45. The van der Waals surface area contributed by atoms with Gasteiger partial charge in [-0.05, 0) is 32.3 Å². The summed E-state index contributed by atoms with van der Waals surface area (Å²) >= 11 is 0. The van der Waals surface area contributed by atoms with Gasteiger partial charge < -0.3 is 4.74 Å². The second kappa shape index (κ2) is 7.59. The third-order valence-electron chi connectivity index (χ3n) is 1.62. The van der Waals surface area contributed by atoms with Crippen molar-refractivity contribution in [2.24, 2.45) is 0 Å². The Morgan fingerprint density at radius 1 is 1.62 bits per heavy atom. The first-order valence-corrected chi connectivity index (χ1v) is 4.61. The largest absolute Gasteiger partial charge is 0.458 e. The second-order valence-electron chi connectivity index (χ2n) is 2.89. The molecule has 13 heavy (non-hydrogen) atoms. The number of esters is 1. The third-order valence-corrected chi connectivity index (χ3v) is 1.62. The van der Waals surface area contributed by atoms with Gasteiger partial charge in [0.1, 0.15) is 6.10 Å². The molecule has 0 aliphatic rings. The average Bonchev–Trinajstić information content (AvgIpc) is 2.04. The molecule has 2 heteroatoms. The van der Waals surface area contributed by atoms with Gasteiger partial charge in [-0.3, -0.25) is 4.79 Å². The molecule has 0 fully saturated rings. The lowest BCUT2D eigenvalue weighted by Gasteiger charge is -2.11.